The average molecular weight is 215 g/mol. The molecule has 1 atom stereocenters. The van der Waals surface area contributed by atoms with Crippen molar-refractivity contribution in [3.05, 3.63) is 47.0 Å². The second-order valence-electron chi connectivity index (χ2n) is 4.07. The second-order valence-corrected chi connectivity index (χ2v) is 4.07. The minimum atomic E-state index is -0.521. The zero-order chi connectivity index (χ0) is 11.9. The van der Waals surface area contributed by atoms with Gasteiger partial charge in [0.25, 0.3) is 5.91 Å². The first-order valence-corrected chi connectivity index (χ1v) is 5.12. The van der Waals surface area contributed by atoms with Crippen LogP contribution in [0.25, 0.3) is 0 Å². The van der Waals surface area contributed by atoms with Gasteiger partial charge in [-0.15, -0.1) is 0 Å². The van der Waals surface area contributed by atoms with Crippen molar-refractivity contribution >= 4 is 11.8 Å². The quantitative estimate of drug-likeness (QED) is 0.571. The van der Waals surface area contributed by atoms with Gasteiger partial charge in [-0.3, -0.25) is 14.9 Å². The topological polar surface area (TPSA) is 46.2 Å². The number of carbonyl (C=O) groups is 2. The average Bonchev–Trinajstić information content (AvgIpc) is 2.47. The molecule has 1 heterocycles. The third kappa shape index (κ3) is 1.45. The van der Waals surface area contributed by atoms with Gasteiger partial charge in [0.05, 0.1) is 5.92 Å². The summed E-state index contributed by atoms with van der Waals surface area (Å²) >= 11 is 0. The molecule has 0 aliphatic carbocycles. The number of imide groups is 1. The lowest BCUT2D eigenvalue weighted by atomic mass is 9.89. The van der Waals surface area contributed by atoms with E-state index < -0.39 is 5.92 Å². The highest BCUT2D eigenvalue weighted by molar-refractivity contribution is 6.17. The van der Waals surface area contributed by atoms with Crippen LogP contribution in [0.5, 0.6) is 0 Å². The van der Waals surface area contributed by atoms with Crippen molar-refractivity contribution in [2.45, 2.75) is 19.8 Å². The first-order valence-electron chi connectivity index (χ1n) is 5.12. The van der Waals surface area contributed by atoms with Crippen LogP contribution in [0.15, 0.2) is 30.4 Å². The predicted octanol–water partition coefficient (Wildman–Crippen LogP) is 1.60. The third-order valence-corrected chi connectivity index (χ3v) is 3.10. The minimum Gasteiger partial charge on any atom is -0.292 e. The number of benzene rings is 1. The molecular weight excluding hydrogens is 202 g/mol. The zero-order valence-corrected chi connectivity index (χ0v) is 9.33. The van der Waals surface area contributed by atoms with Gasteiger partial charge in [-0.1, -0.05) is 24.8 Å². The molecule has 16 heavy (non-hydrogen) atoms. The smallest absolute Gasteiger partial charge is 0.254 e. The number of hydrogen-bond acceptors (Lipinski definition) is 2. The zero-order valence-electron chi connectivity index (χ0n) is 9.33. The lowest BCUT2D eigenvalue weighted by molar-refractivity contribution is -0.124. The van der Waals surface area contributed by atoms with Crippen LogP contribution in [0.4, 0.5) is 0 Å². The highest BCUT2D eigenvalue weighted by Crippen LogP contribution is 2.31. The largest absolute Gasteiger partial charge is 0.292 e. The molecule has 0 aromatic heterocycles. The molecule has 1 unspecified atom stereocenters. The Morgan fingerprint density at radius 1 is 1.25 bits per heavy atom. The van der Waals surface area contributed by atoms with Gasteiger partial charge in [0.2, 0.25) is 5.91 Å². The number of rotatable bonds is 1. The number of nitrogens with one attached hydrogen (secondary N) is 1. The highest BCUT2D eigenvalue weighted by atomic mass is 16.2. The van der Waals surface area contributed by atoms with Crippen molar-refractivity contribution < 1.29 is 9.59 Å². The van der Waals surface area contributed by atoms with E-state index in [9.17, 15) is 9.59 Å². The van der Waals surface area contributed by atoms with Gasteiger partial charge in [0.1, 0.15) is 0 Å². The molecule has 1 aliphatic heterocycles. The van der Waals surface area contributed by atoms with Crippen molar-refractivity contribution in [2.24, 2.45) is 0 Å². The normalized spacial score (nSPS) is 20.1. The maximum atomic E-state index is 11.7. The van der Waals surface area contributed by atoms with Gasteiger partial charge in [-0.25, -0.2) is 0 Å². The van der Waals surface area contributed by atoms with Crippen molar-refractivity contribution in [2.75, 3.05) is 0 Å². The van der Waals surface area contributed by atoms with Gasteiger partial charge in [0.15, 0.2) is 0 Å². The fraction of sp³-hybridized carbons (Fsp3) is 0.231. The summed E-state index contributed by atoms with van der Waals surface area (Å²) in [4.78, 5) is 23.0. The summed E-state index contributed by atoms with van der Waals surface area (Å²) in [5, 5.41) is 2.28. The molecule has 82 valence electrons. The molecular formula is C13H13NO2. The molecule has 3 nitrogen and oxygen atoms in total. The van der Waals surface area contributed by atoms with Crippen LogP contribution in [-0.2, 0) is 9.59 Å². The Balaban J connectivity index is 2.53. The summed E-state index contributed by atoms with van der Waals surface area (Å²) in [6.07, 6.45) is 0. The van der Waals surface area contributed by atoms with Crippen LogP contribution >= 0.6 is 0 Å². The minimum absolute atomic E-state index is 0.274. The van der Waals surface area contributed by atoms with Crippen LogP contribution in [0.2, 0.25) is 0 Å². The summed E-state index contributed by atoms with van der Waals surface area (Å²) in [6.45, 7) is 7.62. The molecule has 0 saturated carbocycles. The lowest BCUT2D eigenvalue weighted by Crippen LogP contribution is -2.21. The molecule has 0 spiro atoms. The molecule has 1 aromatic rings. The maximum absolute atomic E-state index is 11.7. The van der Waals surface area contributed by atoms with Crippen LogP contribution in [-0.4, -0.2) is 11.8 Å². The van der Waals surface area contributed by atoms with Crippen molar-refractivity contribution in [3.63, 3.8) is 0 Å². The summed E-state index contributed by atoms with van der Waals surface area (Å²) in [6, 6.07) is 5.74. The third-order valence-electron chi connectivity index (χ3n) is 3.10. The maximum Gasteiger partial charge on any atom is 0.254 e. The van der Waals surface area contributed by atoms with E-state index in [1.807, 2.05) is 32.0 Å². The molecule has 1 N–H and O–H groups in total. The fourth-order valence-corrected chi connectivity index (χ4v) is 1.97. The molecule has 2 rings (SSSR count). The van der Waals surface area contributed by atoms with Crippen LogP contribution in [0, 0.1) is 13.8 Å². The van der Waals surface area contributed by atoms with E-state index in [2.05, 4.69) is 11.9 Å². The van der Waals surface area contributed by atoms with Gasteiger partial charge >= 0.3 is 0 Å². The van der Waals surface area contributed by atoms with Gasteiger partial charge in [0, 0.05) is 5.57 Å². The Hall–Kier alpha value is -1.90. The Labute approximate surface area is 94.2 Å². The highest BCUT2D eigenvalue weighted by Gasteiger charge is 2.36. The number of amides is 2. The van der Waals surface area contributed by atoms with E-state index in [1.54, 1.807) is 0 Å². The molecule has 1 fully saturated rings. The number of hydrogen-bond donors (Lipinski definition) is 1. The lowest BCUT2D eigenvalue weighted by Gasteiger charge is -2.13. The van der Waals surface area contributed by atoms with Crippen LogP contribution < -0.4 is 5.32 Å². The Morgan fingerprint density at radius 3 is 2.50 bits per heavy atom. The van der Waals surface area contributed by atoms with Gasteiger partial charge in [-0.2, -0.15) is 0 Å². The van der Waals surface area contributed by atoms with Crippen LogP contribution in [0.1, 0.15) is 22.6 Å². The molecule has 1 aromatic carbocycles. The molecule has 0 radical (unpaired) electrons. The SMILES string of the molecule is C=C1C(=O)NC(=O)C1c1cccc(C)c1C. The van der Waals surface area contributed by atoms with E-state index in [1.165, 1.54) is 0 Å². The first kappa shape index (κ1) is 10.6. The van der Waals surface area contributed by atoms with E-state index in [0.29, 0.717) is 5.57 Å². The summed E-state index contributed by atoms with van der Waals surface area (Å²) < 4.78 is 0. The first-order chi connectivity index (χ1) is 7.52. The fourth-order valence-electron chi connectivity index (χ4n) is 1.97. The van der Waals surface area contributed by atoms with Crippen molar-refractivity contribution in [3.8, 4) is 0 Å². The summed E-state index contributed by atoms with van der Waals surface area (Å²) in [7, 11) is 0. The molecule has 1 aliphatic rings. The van der Waals surface area contributed by atoms with Gasteiger partial charge in [-0.05, 0) is 30.5 Å². The van der Waals surface area contributed by atoms with E-state index >= 15 is 0 Å². The summed E-state index contributed by atoms with van der Waals surface area (Å²) in [5.74, 6) is -1.16. The van der Waals surface area contributed by atoms with E-state index in [0.717, 1.165) is 16.7 Å². The second kappa shape index (κ2) is 3.59. The number of carbonyl (C=O) groups excluding carboxylic acids is 2. The summed E-state index contributed by atoms with van der Waals surface area (Å²) in [5.41, 5.74) is 3.35. The molecule has 0 bridgehead atoms. The van der Waals surface area contributed by atoms with Crippen LogP contribution in [0.3, 0.4) is 0 Å². The monoisotopic (exact) mass is 215 g/mol. The molecule has 1 saturated heterocycles. The van der Waals surface area contributed by atoms with Gasteiger partial charge < -0.3 is 0 Å². The Kier molecular flexibility index (Phi) is 2.38. The standard InChI is InChI=1S/C13H13NO2/c1-7-5-4-6-10(8(7)2)11-9(3)12(15)14-13(11)16/h4-6,11H,3H2,1-2H3,(H,14,15,16). The molecule has 2 amide bonds. The van der Waals surface area contributed by atoms with Crippen molar-refractivity contribution in [1.82, 2.24) is 5.32 Å². The number of aryl methyl sites for hydroxylation is 1. The van der Waals surface area contributed by atoms with E-state index in [-0.39, 0.29) is 11.8 Å². The Bertz CT molecular complexity index is 503. The van der Waals surface area contributed by atoms with Crippen molar-refractivity contribution in [1.29, 1.82) is 0 Å². The molecule has 3 heteroatoms. The van der Waals surface area contributed by atoms with E-state index in [4.69, 9.17) is 0 Å². The Morgan fingerprint density at radius 2 is 1.94 bits per heavy atom. The predicted molar refractivity (Wildman–Crippen MR) is 60.9 cm³/mol.